The van der Waals surface area contributed by atoms with E-state index in [4.69, 9.17) is 4.74 Å². The minimum Gasteiger partial charge on any atom is -0.462 e. The first-order valence-corrected chi connectivity index (χ1v) is 19.6. The molecular formula is C39H79NO3. The molecule has 0 aromatic heterocycles. The first kappa shape index (κ1) is 42.4. The number of unbranched alkanes of at least 4 members (excludes halogenated alkanes) is 20. The number of hydrogen-bond donors (Lipinski definition) is 1. The van der Waals surface area contributed by atoms with Crippen molar-refractivity contribution in [2.75, 3.05) is 20.1 Å². The third kappa shape index (κ3) is 32.6. The Morgan fingerprint density at radius 1 is 0.512 bits per heavy atom. The lowest BCUT2D eigenvalue weighted by Gasteiger charge is -2.18. The van der Waals surface area contributed by atoms with Gasteiger partial charge < -0.3 is 14.7 Å². The van der Waals surface area contributed by atoms with Crippen molar-refractivity contribution in [1.82, 2.24) is 4.90 Å². The molecule has 0 bridgehead atoms. The van der Waals surface area contributed by atoms with Gasteiger partial charge in [-0.1, -0.05) is 149 Å². The van der Waals surface area contributed by atoms with Crippen LogP contribution in [0.4, 0.5) is 0 Å². The summed E-state index contributed by atoms with van der Waals surface area (Å²) >= 11 is 0. The summed E-state index contributed by atoms with van der Waals surface area (Å²) in [6.07, 6.45) is 36.3. The summed E-state index contributed by atoms with van der Waals surface area (Å²) in [7, 11) is 2.21. The summed E-state index contributed by atoms with van der Waals surface area (Å²) in [5.41, 5.74) is 0. The van der Waals surface area contributed by atoms with Gasteiger partial charge in [-0.3, -0.25) is 4.79 Å². The molecule has 0 saturated carbocycles. The molecule has 0 fully saturated rings. The number of nitrogens with zero attached hydrogens (tertiary/aromatic N) is 1. The summed E-state index contributed by atoms with van der Waals surface area (Å²) in [6.45, 7) is 9.01. The van der Waals surface area contributed by atoms with E-state index in [1.165, 1.54) is 141 Å². The van der Waals surface area contributed by atoms with Crippen LogP contribution in [0.1, 0.15) is 213 Å². The van der Waals surface area contributed by atoms with Gasteiger partial charge in [0.05, 0.1) is 6.10 Å². The quantitative estimate of drug-likeness (QED) is 0.0573. The van der Waals surface area contributed by atoms with E-state index in [0.29, 0.717) is 6.42 Å². The van der Waals surface area contributed by atoms with E-state index >= 15 is 0 Å². The molecule has 0 amide bonds. The minimum absolute atomic E-state index is 0.0360. The monoisotopic (exact) mass is 610 g/mol. The minimum atomic E-state index is -0.114. The van der Waals surface area contributed by atoms with Gasteiger partial charge in [0, 0.05) is 6.42 Å². The summed E-state index contributed by atoms with van der Waals surface area (Å²) < 4.78 is 5.98. The molecule has 0 aliphatic rings. The third-order valence-corrected chi connectivity index (χ3v) is 9.20. The van der Waals surface area contributed by atoms with E-state index < -0.39 is 0 Å². The van der Waals surface area contributed by atoms with Crippen LogP contribution in [0.2, 0.25) is 0 Å². The first-order valence-electron chi connectivity index (χ1n) is 19.6. The Balaban J connectivity index is 3.81. The number of esters is 1. The molecule has 2 atom stereocenters. The lowest BCUT2D eigenvalue weighted by molar-refractivity contribution is -0.150. The Labute approximate surface area is 270 Å². The van der Waals surface area contributed by atoms with Crippen LogP contribution in [0.5, 0.6) is 0 Å². The van der Waals surface area contributed by atoms with Gasteiger partial charge in [0.25, 0.3) is 0 Å². The smallest absolute Gasteiger partial charge is 0.306 e. The van der Waals surface area contributed by atoms with Crippen LogP contribution in [0.3, 0.4) is 0 Å². The van der Waals surface area contributed by atoms with Crippen molar-refractivity contribution in [3.8, 4) is 0 Å². The lowest BCUT2D eigenvalue weighted by atomic mass is 10.0. The van der Waals surface area contributed by atoms with Gasteiger partial charge in [-0.2, -0.15) is 0 Å². The fourth-order valence-electron chi connectivity index (χ4n) is 6.18. The van der Waals surface area contributed by atoms with Crippen LogP contribution in [-0.4, -0.2) is 48.3 Å². The Morgan fingerprint density at radius 2 is 0.884 bits per heavy atom. The van der Waals surface area contributed by atoms with Gasteiger partial charge in [-0.05, 0) is 77.9 Å². The number of carbonyl (C=O) groups is 1. The highest BCUT2D eigenvalue weighted by Gasteiger charge is 2.14. The predicted molar refractivity (Wildman–Crippen MR) is 189 cm³/mol. The van der Waals surface area contributed by atoms with E-state index in [0.717, 1.165) is 58.0 Å². The summed E-state index contributed by atoms with van der Waals surface area (Å²) in [5, 5.41) is 10.3. The predicted octanol–water partition coefficient (Wildman–Crippen LogP) is 12.0. The van der Waals surface area contributed by atoms with E-state index in [2.05, 4.69) is 32.7 Å². The molecule has 258 valence electrons. The largest absolute Gasteiger partial charge is 0.462 e. The number of ether oxygens (including phenoxy) is 1. The van der Waals surface area contributed by atoms with Gasteiger partial charge in [-0.15, -0.1) is 0 Å². The molecule has 0 aromatic carbocycles. The van der Waals surface area contributed by atoms with Gasteiger partial charge >= 0.3 is 5.97 Å². The lowest BCUT2D eigenvalue weighted by Crippen LogP contribution is -2.22. The maximum Gasteiger partial charge on any atom is 0.306 e. The van der Waals surface area contributed by atoms with Crippen LogP contribution in [0.25, 0.3) is 0 Å². The van der Waals surface area contributed by atoms with Crippen LogP contribution < -0.4 is 0 Å². The van der Waals surface area contributed by atoms with Crippen LogP contribution in [0.15, 0.2) is 0 Å². The summed E-state index contributed by atoms with van der Waals surface area (Å²) in [4.78, 5) is 15.0. The summed E-state index contributed by atoms with van der Waals surface area (Å²) in [5.74, 6) is 0.0360. The van der Waals surface area contributed by atoms with Crippen molar-refractivity contribution in [2.24, 2.45) is 0 Å². The Bertz CT molecular complexity index is 555. The molecule has 0 aliphatic carbocycles. The fraction of sp³-hybridized carbons (Fsp3) is 0.974. The molecule has 0 rings (SSSR count). The van der Waals surface area contributed by atoms with Crippen LogP contribution in [0, 0.1) is 0 Å². The van der Waals surface area contributed by atoms with Crippen molar-refractivity contribution >= 4 is 5.97 Å². The number of aliphatic hydroxyl groups excluding tert-OH is 1. The van der Waals surface area contributed by atoms with E-state index in [1.807, 2.05) is 0 Å². The second kappa shape index (κ2) is 34.3. The molecule has 0 unspecified atom stereocenters. The average Bonchev–Trinajstić information content (AvgIpc) is 2.99. The maximum atomic E-state index is 12.6. The molecule has 1 N–H and O–H groups in total. The first-order chi connectivity index (χ1) is 21.0. The molecule has 43 heavy (non-hydrogen) atoms. The maximum absolute atomic E-state index is 12.6. The number of aliphatic hydroxyl groups is 1. The van der Waals surface area contributed by atoms with Crippen LogP contribution in [-0.2, 0) is 9.53 Å². The Morgan fingerprint density at radius 3 is 1.40 bits per heavy atom. The van der Waals surface area contributed by atoms with Crippen molar-refractivity contribution < 1.29 is 14.6 Å². The molecule has 0 heterocycles. The average molecular weight is 610 g/mol. The van der Waals surface area contributed by atoms with Crippen LogP contribution >= 0.6 is 0 Å². The molecule has 0 radical (unpaired) electrons. The molecule has 0 saturated heterocycles. The highest BCUT2D eigenvalue weighted by molar-refractivity contribution is 5.69. The molecule has 0 aliphatic heterocycles. The molecule has 4 heteroatoms. The second-order valence-corrected chi connectivity index (χ2v) is 13.8. The molecular weight excluding hydrogens is 530 g/mol. The Hall–Kier alpha value is -0.610. The van der Waals surface area contributed by atoms with Gasteiger partial charge in [-0.25, -0.2) is 0 Å². The third-order valence-electron chi connectivity index (χ3n) is 9.20. The van der Waals surface area contributed by atoms with Crippen molar-refractivity contribution in [3.05, 3.63) is 0 Å². The highest BCUT2D eigenvalue weighted by Crippen LogP contribution is 2.18. The summed E-state index contributed by atoms with van der Waals surface area (Å²) in [6, 6.07) is 0. The van der Waals surface area contributed by atoms with Gasteiger partial charge in [0.1, 0.15) is 6.10 Å². The zero-order valence-electron chi connectivity index (χ0n) is 30.0. The number of rotatable bonds is 35. The molecule has 0 spiro atoms. The standard InChI is InChI=1S/C39H79NO3/c1-5-8-11-14-16-17-20-24-30-37(41)31-29-36-40(4)35-28-23-18-22-27-34-39(42)43-38(32-25-19-13-10-7-3)33-26-21-15-12-9-6-2/h37-38,41H,5-36H2,1-4H3/t37-,38-/m0/s1. The topological polar surface area (TPSA) is 49.8 Å². The van der Waals surface area contributed by atoms with Crippen molar-refractivity contribution in [3.63, 3.8) is 0 Å². The van der Waals surface area contributed by atoms with E-state index in [9.17, 15) is 9.90 Å². The molecule has 4 nitrogen and oxygen atoms in total. The number of hydrogen-bond acceptors (Lipinski definition) is 4. The van der Waals surface area contributed by atoms with E-state index in [1.54, 1.807) is 0 Å². The van der Waals surface area contributed by atoms with Crippen molar-refractivity contribution in [2.45, 2.75) is 226 Å². The zero-order chi connectivity index (χ0) is 31.6. The zero-order valence-corrected chi connectivity index (χ0v) is 30.0. The fourth-order valence-corrected chi connectivity index (χ4v) is 6.18. The highest BCUT2D eigenvalue weighted by atomic mass is 16.5. The van der Waals surface area contributed by atoms with Gasteiger partial charge in [0.2, 0.25) is 0 Å². The van der Waals surface area contributed by atoms with Crippen molar-refractivity contribution in [1.29, 1.82) is 0 Å². The number of carbonyl (C=O) groups excluding carboxylic acids is 1. The Kier molecular flexibility index (Phi) is 33.8. The molecule has 0 aromatic rings. The normalized spacial score (nSPS) is 13.1. The van der Waals surface area contributed by atoms with E-state index in [-0.39, 0.29) is 18.2 Å². The SMILES string of the molecule is CCCCCCCCCC[C@H](O)CCCN(C)CCCCCCCC(=O)O[C@@H](CCCCCCC)CCCCCCCC. The van der Waals surface area contributed by atoms with Gasteiger partial charge in [0.15, 0.2) is 0 Å². The second-order valence-electron chi connectivity index (χ2n) is 13.8.